The summed E-state index contributed by atoms with van der Waals surface area (Å²) in [6.07, 6.45) is 5.04. The first kappa shape index (κ1) is 12.4. The molecule has 0 aliphatic carbocycles. The number of nitrogens with zero attached hydrogens (tertiary/aromatic N) is 1. The van der Waals surface area contributed by atoms with Crippen molar-refractivity contribution in [2.75, 3.05) is 6.54 Å². The van der Waals surface area contributed by atoms with E-state index < -0.39 is 0 Å². The number of fused-ring (bicyclic) bond motifs is 1. The van der Waals surface area contributed by atoms with Gasteiger partial charge in [-0.1, -0.05) is 25.1 Å². The van der Waals surface area contributed by atoms with Gasteiger partial charge in [0.1, 0.15) is 0 Å². The summed E-state index contributed by atoms with van der Waals surface area (Å²) in [4.78, 5) is 12.6. The Labute approximate surface area is 113 Å². The number of para-hydroxylation sites is 1. The van der Waals surface area contributed by atoms with E-state index in [-0.39, 0.29) is 11.8 Å². The molecule has 0 spiro atoms. The molecule has 3 nitrogen and oxygen atoms in total. The molecule has 1 aliphatic rings. The van der Waals surface area contributed by atoms with E-state index in [4.69, 9.17) is 0 Å². The second kappa shape index (κ2) is 4.82. The van der Waals surface area contributed by atoms with Gasteiger partial charge in [0, 0.05) is 24.2 Å². The molecule has 1 aromatic heterocycles. The number of hydrogen-bond acceptors (Lipinski definition) is 2. The van der Waals surface area contributed by atoms with Gasteiger partial charge in [-0.2, -0.15) is 0 Å². The Kier molecular flexibility index (Phi) is 3.15. The molecule has 19 heavy (non-hydrogen) atoms. The first-order valence-corrected chi connectivity index (χ1v) is 7.07. The summed E-state index contributed by atoms with van der Waals surface area (Å²) in [5.41, 5.74) is 3.37. The van der Waals surface area contributed by atoms with Crippen LogP contribution >= 0.6 is 0 Å². The fraction of sp³-hybridized carbons (Fsp3) is 0.438. The van der Waals surface area contributed by atoms with Crippen molar-refractivity contribution in [1.82, 2.24) is 9.88 Å². The maximum absolute atomic E-state index is 12.6. The zero-order valence-electron chi connectivity index (χ0n) is 11.6. The van der Waals surface area contributed by atoms with E-state index in [1.807, 2.05) is 13.2 Å². The molecule has 100 valence electrons. The van der Waals surface area contributed by atoms with Crippen LogP contribution in [0, 0.1) is 0 Å². The molecule has 0 amide bonds. The van der Waals surface area contributed by atoms with Gasteiger partial charge in [-0.25, -0.2) is 0 Å². The molecule has 1 unspecified atom stereocenters. The van der Waals surface area contributed by atoms with Crippen molar-refractivity contribution in [3.8, 4) is 0 Å². The topological polar surface area (TPSA) is 34.0 Å². The minimum absolute atomic E-state index is 0.0101. The SMILES string of the molecule is CCc1cccc2c(C(=O)C3CCCN3)cn(C)c12. The average molecular weight is 256 g/mol. The van der Waals surface area contributed by atoms with Crippen LogP contribution < -0.4 is 5.32 Å². The number of hydrogen-bond donors (Lipinski definition) is 1. The van der Waals surface area contributed by atoms with Crippen LogP contribution in [0.2, 0.25) is 0 Å². The van der Waals surface area contributed by atoms with E-state index in [2.05, 4.69) is 35.0 Å². The molecule has 1 saturated heterocycles. The summed E-state index contributed by atoms with van der Waals surface area (Å²) in [5.74, 6) is 0.247. The van der Waals surface area contributed by atoms with Gasteiger partial charge in [0.2, 0.25) is 0 Å². The van der Waals surface area contributed by atoms with Gasteiger partial charge in [0.25, 0.3) is 0 Å². The van der Waals surface area contributed by atoms with Crippen LogP contribution in [0.1, 0.15) is 35.7 Å². The molecule has 0 radical (unpaired) electrons. The summed E-state index contributed by atoms with van der Waals surface area (Å²) < 4.78 is 2.09. The van der Waals surface area contributed by atoms with Gasteiger partial charge in [0.15, 0.2) is 5.78 Å². The van der Waals surface area contributed by atoms with Crippen molar-refractivity contribution >= 4 is 16.7 Å². The van der Waals surface area contributed by atoms with Crippen LogP contribution in [-0.2, 0) is 13.5 Å². The number of carbonyl (C=O) groups is 1. The Morgan fingerprint density at radius 1 is 1.47 bits per heavy atom. The van der Waals surface area contributed by atoms with Crippen LogP contribution in [0.4, 0.5) is 0 Å². The van der Waals surface area contributed by atoms with E-state index >= 15 is 0 Å². The summed E-state index contributed by atoms with van der Waals surface area (Å²) in [6, 6.07) is 6.28. The van der Waals surface area contributed by atoms with Crippen LogP contribution in [0.25, 0.3) is 10.9 Å². The number of aromatic nitrogens is 1. The van der Waals surface area contributed by atoms with Crippen molar-refractivity contribution in [3.05, 3.63) is 35.5 Å². The lowest BCUT2D eigenvalue weighted by atomic mass is 10.0. The van der Waals surface area contributed by atoms with E-state index in [1.54, 1.807) is 0 Å². The Balaban J connectivity index is 2.12. The molecule has 1 aliphatic heterocycles. The molecule has 3 heteroatoms. The third kappa shape index (κ3) is 1.98. The van der Waals surface area contributed by atoms with Crippen molar-refractivity contribution in [3.63, 3.8) is 0 Å². The Morgan fingerprint density at radius 2 is 2.32 bits per heavy atom. The van der Waals surface area contributed by atoms with Gasteiger partial charge in [-0.15, -0.1) is 0 Å². The number of ketones is 1. The van der Waals surface area contributed by atoms with Crippen molar-refractivity contribution < 1.29 is 4.79 Å². The minimum Gasteiger partial charge on any atom is -0.350 e. The van der Waals surface area contributed by atoms with Crippen molar-refractivity contribution in [2.24, 2.45) is 7.05 Å². The summed E-state index contributed by atoms with van der Waals surface area (Å²) in [5, 5.41) is 4.40. The Bertz CT molecular complexity index is 621. The quantitative estimate of drug-likeness (QED) is 0.857. The van der Waals surface area contributed by atoms with Gasteiger partial charge >= 0.3 is 0 Å². The zero-order valence-corrected chi connectivity index (χ0v) is 11.6. The normalized spacial score (nSPS) is 19.2. The molecule has 1 aromatic carbocycles. The molecule has 1 atom stereocenters. The maximum atomic E-state index is 12.6. The lowest BCUT2D eigenvalue weighted by Crippen LogP contribution is -2.30. The van der Waals surface area contributed by atoms with Gasteiger partial charge in [-0.05, 0) is 31.4 Å². The predicted octanol–water partition coefficient (Wildman–Crippen LogP) is 2.68. The number of rotatable bonds is 3. The van der Waals surface area contributed by atoms with E-state index in [9.17, 15) is 4.79 Å². The second-order valence-corrected chi connectivity index (χ2v) is 5.33. The highest BCUT2D eigenvalue weighted by atomic mass is 16.1. The molecule has 0 bridgehead atoms. The highest BCUT2D eigenvalue weighted by Crippen LogP contribution is 2.26. The lowest BCUT2D eigenvalue weighted by molar-refractivity contribution is 0.0954. The summed E-state index contributed by atoms with van der Waals surface area (Å²) in [7, 11) is 2.03. The first-order valence-electron chi connectivity index (χ1n) is 7.07. The summed E-state index contributed by atoms with van der Waals surface area (Å²) in [6.45, 7) is 3.11. The monoisotopic (exact) mass is 256 g/mol. The molecule has 2 heterocycles. The largest absolute Gasteiger partial charge is 0.350 e. The van der Waals surface area contributed by atoms with Crippen LogP contribution in [0.5, 0.6) is 0 Å². The first-order chi connectivity index (χ1) is 9.22. The number of benzene rings is 1. The number of Topliss-reactive ketones (excluding diaryl/α,β-unsaturated/α-hetero) is 1. The number of carbonyl (C=O) groups excluding carboxylic acids is 1. The lowest BCUT2D eigenvalue weighted by Gasteiger charge is -2.08. The van der Waals surface area contributed by atoms with E-state index in [0.717, 1.165) is 36.8 Å². The molecule has 0 saturated carbocycles. The van der Waals surface area contributed by atoms with Crippen molar-refractivity contribution in [2.45, 2.75) is 32.2 Å². The fourth-order valence-corrected chi connectivity index (χ4v) is 3.13. The highest BCUT2D eigenvalue weighted by Gasteiger charge is 2.26. The van der Waals surface area contributed by atoms with E-state index in [0.29, 0.717) is 0 Å². The van der Waals surface area contributed by atoms with Crippen LogP contribution in [0.3, 0.4) is 0 Å². The molecule has 2 aromatic rings. The van der Waals surface area contributed by atoms with Crippen molar-refractivity contribution in [1.29, 1.82) is 0 Å². The molecule has 1 N–H and O–H groups in total. The number of aryl methyl sites for hydroxylation is 2. The van der Waals surface area contributed by atoms with E-state index in [1.165, 1.54) is 11.1 Å². The second-order valence-electron chi connectivity index (χ2n) is 5.33. The molecular weight excluding hydrogens is 236 g/mol. The molecular formula is C16H20N2O. The Hall–Kier alpha value is -1.61. The van der Waals surface area contributed by atoms with Gasteiger partial charge in [-0.3, -0.25) is 4.79 Å². The standard InChI is InChI=1S/C16H20N2O/c1-3-11-6-4-7-12-13(10-18(2)15(11)12)16(19)14-8-5-9-17-14/h4,6-7,10,14,17H,3,5,8-9H2,1-2H3. The van der Waals surface area contributed by atoms with Crippen LogP contribution in [-0.4, -0.2) is 22.9 Å². The summed E-state index contributed by atoms with van der Waals surface area (Å²) >= 11 is 0. The predicted molar refractivity (Wildman–Crippen MR) is 77.7 cm³/mol. The maximum Gasteiger partial charge on any atom is 0.181 e. The van der Waals surface area contributed by atoms with Gasteiger partial charge < -0.3 is 9.88 Å². The highest BCUT2D eigenvalue weighted by molar-refractivity contribution is 6.11. The van der Waals surface area contributed by atoms with Crippen LogP contribution in [0.15, 0.2) is 24.4 Å². The smallest absolute Gasteiger partial charge is 0.181 e. The zero-order chi connectivity index (χ0) is 13.4. The average Bonchev–Trinajstić information content (AvgIpc) is 3.06. The third-order valence-electron chi connectivity index (χ3n) is 4.11. The number of nitrogens with one attached hydrogen (secondary N) is 1. The Morgan fingerprint density at radius 3 is 3.00 bits per heavy atom. The van der Waals surface area contributed by atoms with Gasteiger partial charge in [0.05, 0.1) is 11.6 Å². The third-order valence-corrected chi connectivity index (χ3v) is 4.11. The molecule has 1 fully saturated rings. The fourth-order valence-electron chi connectivity index (χ4n) is 3.13. The minimum atomic E-state index is 0.0101. The molecule has 3 rings (SSSR count).